The summed E-state index contributed by atoms with van der Waals surface area (Å²) in [7, 11) is 2.97. The normalized spacial score (nSPS) is 9.86. The highest BCUT2D eigenvalue weighted by Crippen LogP contribution is 2.29. The third kappa shape index (κ3) is 3.03. The Kier molecular flexibility index (Phi) is 4.24. The topological polar surface area (TPSA) is 54.3 Å². The van der Waals surface area contributed by atoms with E-state index in [2.05, 4.69) is 5.32 Å². The standard InChI is InChI=1S/C15H12F2N2O2/c1-20-11-5-10(6-12(7-11)21-2)19-13-4-3-9(8-18)14(16)15(13)17/h3-7,19H,1-2H3. The van der Waals surface area contributed by atoms with Crippen LogP contribution >= 0.6 is 0 Å². The third-order valence-electron chi connectivity index (χ3n) is 2.83. The molecule has 1 N–H and O–H groups in total. The van der Waals surface area contributed by atoms with Gasteiger partial charge >= 0.3 is 0 Å². The maximum Gasteiger partial charge on any atom is 0.183 e. The first-order valence-electron chi connectivity index (χ1n) is 5.97. The first kappa shape index (κ1) is 14.6. The SMILES string of the molecule is COc1cc(Nc2ccc(C#N)c(F)c2F)cc(OC)c1. The number of rotatable bonds is 4. The van der Waals surface area contributed by atoms with Gasteiger partial charge in [-0.1, -0.05) is 0 Å². The lowest BCUT2D eigenvalue weighted by Gasteiger charge is -2.12. The van der Waals surface area contributed by atoms with Gasteiger partial charge in [-0.3, -0.25) is 0 Å². The number of methoxy groups -OCH3 is 2. The van der Waals surface area contributed by atoms with Gasteiger partial charge in [-0.2, -0.15) is 5.26 Å². The number of hydrogen-bond donors (Lipinski definition) is 1. The highest BCUT2D eigenvalue weighted by Gasteiger charge is 2.14. The third-order valence-corrected chi connectivity index (χ3v) is 2.83. The molecule has 0 radical (unpaired) electrons. The molecular formula is C15H12F2N2O2. The molecule has 0 heterocycles. The van der Waals surface area contributed by atoms with Crippen LogP contribution in [0.3, 0.4) is 0 Å². The number of benzene rings is 2. The van der Waals surface area contributed by atoms with Gasteiger partial charge in [0.15, 0.2) is 11.6 Å². The van der Waals surface area contributed by atoms with E-state index in [-0.39, 0.29) is 11.3 Å². The van der Waals surface area contributed by atoms with Crippen LogP contribution in [0.25, 0.3) is 0 Å². The number of ether oxygens (including phenoxy) is 2. The van der Waals surface area contributed by atoms with Gasteiger partial charge < -0.3 is 14.8 Å². The van der Waals surface area contributed by atoms with Crippen molar-refractivity contribution >= 4 is 11.4 Å². The average molecular weight is 290 g/mol. The summed E-state index contributed by atoms with van der Waals surface area (Å²) in [4.78, 5) is 0. The quantitative estimate of drug-likeness (QED) is 0.934. The van der Waals surface area contributed by atoms with Crippen LogP contribution in [0.2, 0.25) is 0 Å². The molecule has 2 aromatic carbocycles. The van der Waals surface area contributed by atoms with Crippen LogP contribution in [0.4, 0.5) is 20.2 Å². The number of nitrogens with zero attached hydrogens (tertiary/aromatic N) is 1. The van der Waals surface area contributed by atoms with Gasteiger partial charge in [0.25, 0.3) is 0 Å². The maximum absolute atomic E-state index is 13.8. The second-order valence-corrected chi connectivity index (χ2v) is 4.13. The van der Waals surface area contributed by atoms with Crippen LogP contribution in [0.5, 0.6) is 11.5 Å². The van der Waals surface area contributed by atoms with Gasteiger partial charge in [-0.15, -0.1) is 0 Å². The van der Waals surface area contributed by atoms with Crippen LogP contribution in [0, 0.1) is 23.0 Å². The second kappa shape index (κ2) is 6.09. The Bertz CT molecular complexity index is 689. The van der Waals surface area contributed by atoms with E-state index in [9.17, 15) is 8.78 Å². The number of hydrogen-bond acceptors (Lipinski definition) is 4. The molecule has 21 heavy (non-hydrogen) atoms. The van der Waals surface area contributed by atoms with Crippen molar-refractivity contribution in [1.29, 1.82) is 5.26 Å². The number of nitrogens with one attached hydrogen (secondary N) is 1. The fourth-order valence-electron chi connectivity index (χ4n) is 1.77. The van der Waals surface area contributed by atoms with Crippen molar-refractivity contribution in [3.05, 3.63) is 47.5 Å². The van der Waals surface area contributed by atoms with E-state index in [4.69, 9.17) is 14.7 Å². The zero-order valence-corrected chi connectivity index (χ0v) is 11.4. The van der Waals surface area contributed by atoms with Crippen molar-refractivity contribution < 1.29 is 18.3 Å². The molecule has 2 aromatic rings. The van der Waals surface area contributed by atoms with E-state index in [0.717, 1.165) is 0 Å². The van der Waals surface area contributed by atoms with Crippen molar-refractivity contribution in [2.24, 2.45) is 0 Å². The number of anilines is 2. The molecule has 4 nitrogen and oxygen atoms in total. The molecule has 0 bridgehead atoms. The minimum absolute atomic E-state index is 0.0817. The monoisotopic (exact) mass is 290 g/mol. The smallest absolute Gasteiger partial charge is 0.183 e. The van der Waals surface area contributed by atoms with Gasteiger partial charge in [0.1, 0.15) is 17.6 Å². The van der Waals surface area contributed by atoms with E-state index in [1.807, 2.05) is 0 Å². The van der Waals surface area contributed by atoms with Crippen LogP contribution in [-0.4, -0.2) is 14.2 Å². The van der Waals surface area contributed by atoms with Crippen molar-refractivity contribution in [1.82, 2.24) is 0 Å². The van der Waals surface area contributed by atoms with Gasteiger partial charge in [-0.25, -0.2) is 8.78 Å². The molecule has 0 fully saturated rings. The maximum atomic E-state index is 13.8. The Morgan fingerprint density at radius 2 is 1.62 bits per heavy atom. The molecule has 0 aromatic heterocycles. The largest absolute Gasteiger partial charge is 0.497 e. The van der Waals surface area contributed by atoms with Gasteiger partial charge in [0, 0.05) is 23.9 Å². The molecule has 6 heteroatoms. The van der Waals surface area contributed by atoms with E-state index >= 15 is 0 Å². The Balaban J connectivity index is 2.39. The molecule has 0 amide bonds. The summed E-state index contributed by atoms with van der Waals surface area (Å²) in [6.07, 6.45) is 0. The minimum Gasteiger partial charge on any atom is -0.497 e. The molecular weight excluding hydrogens is 278 g/mol. The molecule has 0 atom stereocenters. The molecule has 0 spiro atoms. The van der Waals surface area contributed by atoms with Crippen molar-refractivity contribution in [3.63, 3.8) is 0 Å². The summed E-state index contributed by atoms with van der Waals surface area (Å²) in [5.74, 6) is -1.29. The summed E-state index contributed by atoms with van der Waals surface area (Å²) < 4.78 is 37.6. The summed E-state index contributed by atoms with van der Waals surface area (Å²) in [5.41, 5.74) is 0.0392. The molecule has 0 aliphatic rings. The summed E-state index contributed by atoms with van der Waals surface area (Å²) >= 11 is 0. The zero-order valence-electron chi connectivity index (χ0n) is 11.4. The average Bonchev–Trinajstić information content (AvgIpc) is 2.51. The van der Waals surface area contributed by atoms with Crippen LogP contribution in [0.1, 0.15) is 5.56 Å². The van der Waals surface area contributed by atoms with Crippen LogP contribution in [0.15, 0.2) is 30.3 Å². The fourth-order valence-corrected chi connectivity index (χ4v) is 1.77. The summed E-state index contributed by atoms with van der Waals surface area (Å²) in [6, 6.07) is 8.95. The lowest BCUT2D eigenvalue weighted by atomic mass is 10.2. The Morgan fingerprint density at radius 3 is 2.14 bits per heavy atom. The number of nitriles is 1. The Hall–Kier alpha value is -2.81. The molecule has 0 aliphatic heterocycles. The first-order chi connectivity index (χ1) is 10.1. The van der Waals surface area contributed by atoms with E-state index in [1.165, 1.54) is 26.4 Å². The zero-order chi connectivity index (χ0) is 15.4. The molecule has 0 unspecified atom stereocenters. The Morgan fingerprint density at radius 1 is 1.00 bits per heavy atom. The highest BCUT2D eigenvalue weighted by molar-refractivity contribution is 5.64. The lowest BCUT2D eigenvalue weighted by molar-refractivity contribution is 0.395. The summed E-state index contributed by atoms with van der Waals surface area (Å²) in [6.45, 7) is 0. The van der Waals surface area contributed by atoms with Gasteiger partial charge in [-0.05, 0) is 12.1 Å². The van der Waals surface area contributed by atoms with Gasteiger partial charge in [0.2, 0.25) is 0 Å². The van der Waals surface area contributed by atoms with Crippen molar-refractivity contribution in [2.75, 3.05) is 19.5 Å². The first-order valence-corrected chi connectivity index (χ1v) is 5.97. The predicted octanol–water partition coefficient (Wildman–Crippen LogP) is 3.60. The molecule has 108 valence electrons. The van der Waals surface area contributed by atoms with E-state index in [0.29, 0.717) is 17.2 Å². The van der Waals surface area contributed by atoms with Crippen LogP contribution in [-0.2, 0) is 0 Å². The summed E-state index contributed by atoms with van der Waals surface area (Å²) in [5, 5.41) is 11.4. The Labute approximate surface area is 120 Å². The fraction of sp³-hybridized carbons (Fsp3) is 0.133. The molecule has 2 rings (SSSR count). The molecule has 0 aliphatic carbocycles. The van der Waals surface area contributed by atoms with Crippen molar-refractivity contribution in [3.8, 4) is 17.6 Å². The van der Waals surface area contributed by atoms with Crippen molar-refractivity contribution in [2.45, 2.75) is 0 Å². The van der Waals surface area contributed by atoms with Gasteiger partial charge in [0.05, 0.1) is 25.5 Å². The molecule has 0 saturated heterocycles. The predicted molar refractivity (Wildman–Crippen MR) is 73.9 cm³/mol. The minimum atomic E-state index is -1.18. The van der Waals surface area contributed by atoms with E-state index < -0.39 is 11.6 Å². The number of halogens is 2. The second-order valence-electron chi connectivity index (χ2n) is 4.13. The molecule has 0 saturated carbocycles. The lowest BCUT2D eigenvalue weighted by Crippen LogP contribution is -1.99. The highest BCUT2D eigenvalue weighted by atomic mass is 19.2. The van der Waals surface area contributed by atoms with Crippen LogP contribution < -0.4 is 14.8 Å². The van der Waals surface area contributed by atoms with E-state index in [1.54, 1.807) is 24.3 Å².